The van der Waals surface area contributed by atoms with Crippen molar-refractivity contribution in [2.24, 2.45) is 0 Å². The summed E-state index contributed by atoms with van der Waals surface area (Å²) in [4.78, 5) is 37.1. The topological polar surface area (TPSA) is 118 Å². The molecule has 0 unspecified atom stereocenters. The number of nitrogens with one attached hydrogen (secondary N) is 1. The minimum absolute atomic E-state index is 0.125. The van der Waals surface area contributed by atoms with Crippen molar-refractivity contribution in [2.45, 2.75) is 6.54 Å². The molecule has 0 saturated carbocycles. The minimum atomic E-state index is -0.322. The SMILES string of the molecule is Nc1nc(N2CCN(C(=O)c3ccco3)CC2)ncc1C(=O)NCc1ccccc1. The van der Waals surface area contributed by atoms with Crippen molar-refractivity contribution in [3.63, 3.8) is 0 Å². The third-order valence-electron chi connectivity index (χ3n) is 4.93. The van der Waals surface area contributed by atoms with Gasteiger partial charge in [-0.05, 0) is 17.7 Å². The van der Waals surface area contributed by atoms with E-state index in [1.165, 1.54) is 12.5 Å². The fraction of sp³-hybridized carbons (Fsp3) is 0.238. The number of piperazine rings is 1. The van der Waals surface area contributed by atoms with E-state index in [-0.39, 0.29) is 23.2 Å². The van der Waals surface area contributed by atoms with Crippen LogP contribution in [0.1, 0.15) is 26.5 Å². The Labute approximate surface area is 173 Å². The standard InChI is InChI=1S/C21H22N6O3/c22-18-16(19(28)23-13-15-5-2-1-3-6-15)14-24-21(25-18)27-10-8-26(9-11-27)20(29)17-7-4-12-30-17/h1-7,12,14H,8-11,13H2,(H,23,28)(H2,22,24,25). The Bertz CT molecular complexity index is 1010. The maximum atomic E-state index is 12.4. The lowest BCUT2D eigenvalue weighted by molar-refractivity contribution is 0.0714. The first-order valence-electron chi connectivity index (χ1n) is 9.64. The van der Waals surface area contributed by atoms with E-state index in [0.29, 0.717) is 44.4 Å². The molecule has 30 heavy (non-hydrogen) atoms. The van der Waals surface area contributed by atoms with Gasteiger partial charge < -0.3 is 25.3 Å². The summed E-state index contributed by atoms with van der Waals surface area (Å²) in [6, 6.07) is 12.9. The maximum absolute atomic E-state index is 12.4. The van der Waals surface area contributed by atoms with Gasteiger partial charge in [-0.15, -0.1) is 0 Å². The molecule has 3 aromatic rings. The average Bonchev–Trinajstić information content (AvgIpc) is 3.33. The summed E-state index contributed by atoms with van der Waals surface area (Å²) < 4.78 is 5.18. The van der Waals surface area contributed by atoms with Gasteiger partial charge in [-0.2, -0.15) is 4.98 Å². The van der Waals surface area contributed by atoms with Crippen LogP contribution in [0.4, 0.5) is 11.8 Å². The predicted octanol–water partition coefficient (Wildman–Crippen LogP) is 1.54. The Kier molecular flexibility index (Phi) is 5.60. The third kappa shape index (κ3) is 4.24. The monoisotopic (exact) mass is 406 g/mol. The first-order valence-corrected chi connectivity index (χ1v) is 9.64. The van der Waals surface area contributed by atoms with E-state index in [1.807, 2.05) is 35.2 Å². The van der Waals surface area contributed by atoms with Gasteiger partial charge in [0.2, 0.25) is 5.95 Å². The number of amides is 2. The number of benzene rings is 1. The molecular formula is C21H22N6O3. The lowest BCUT2D eigenvalue weighted by Gasteiger charge is -2.34. The molecule has 1 fully saturated rings. The van der Waals surface area contributed by atoms with Crippen LogP contribution in [0.15, 0.2) is 59.3 Å². The average molecular weight is 406 g/mol. The van der Waals surface area contributed by atoms with Crippen LogP contribution in [-0.2, 0) is 6.54 Å². The van der Waals surface area contributed by atoms with Crippen molar-refractivity contribution in [3.05, 3.63) is 71.8 Å². The van der Waals surface area contributed by atoms with Crippen molar-refractivity contribution in [2.75, 3.05) is 36.8 Å². The van der Waals surface area contributed by atoms with Gasteiger partial charge in [0.05, 0.1) is 11.8 Å². The van der Waals surface area contributed by atoms with Crippen LogP contribution in [0.3, 0.4) is 0 Å². The van der Waals surface area contributed by atoms with Crippen molar-refractivity contribution in [1.82, 2.24) is 20.2 Å². The van der Waals surface area contributed by atoms with E-state index >= 15 is 0 Å². The summed E-state index contributed by atoms with van der Waals surface area (Å²) in [7, 11) is 0. The van der Waals surface area contributed by atoms with Crippen LogP contribution in [0.5, 0.6) is 0 Å². The fourth-order valence-corrected chi connectivity index (χ4v) is 3.25. The lowest BCUT2D eigenvalue weighted by Crippen LogP contribution is -2.49. The molecule has 3 N–H and O–H groups in total. The first kappa shape index (κ1) is 19.4. The van der Waals surface area contributed by atoms with Crippen molar-refractivity contribution < 1.29 is 14.0 Å². The Morgan fingerprint density at radius 3 is 2.50 bits per heavy atom. The molecular weight excluding hydrogens is 384 g/mol. The quantitative estimate of drug-likeness (QED) is 0.660. The van der Waals surface area contributed by atoms with E-state index in [9.17, 15) is 9.59 Å². The predicted molar refractivity (Wildman–Crippen MR) is 111 cm³/mol. The Balaban J connectivity index is 1.35. The molecule has 0 radical (unpaired) electrons. The summed E-state index contributed by atoms with van der Waals surface area (Å²) in [6.07, 6.45) is 2.93. The van der Waals surface area contributed by atoms with Gasteiger partial charge in [0.15, 0.2) is 5.76 Å². The van der Waals surface area contributed by atoms with Gasteiger partial charge in [0.25, 0.3) is 11.8 Å². The lowest BCUT2D eigenvalue weighted by atomic mass is 10.2. The number of rotatable bonds is 5. The second-order valence-corrected chi connectivity index (χ2v) is 6.89. The molecule has 154 valence electrons. The van der Waals surface area contributed by atoms with Gasteiger partial charge in [0.1, 0.15) is 5.82 Å². The number of hydrogen-bond donors (Lipinski definition) is 2. The summed E-state index contributed by atoms with van der Waals surface area (Å²) in [6.45, 7) is 2.55. The van der Waals surface area contributed by atoms with Crippen LogP contribution in [-0.4, -0.2) is 52.9 Å². The molecule has 1 saturated heterocycles. The summed E-state index contributed by atoms with van der Waals surface area (Å²) in [5, 5.41) is 2.82. The number of nitrogens with zero attached hydrogens (tertiary/aromatic N) is 4. The highest BCUT2D eigenvalue weighted by Crippen LogP contribution is 2.17. The molecule has 0 spiro atoms. The second-order valence-electron chi connectivity index (χ2n) is 6.89. The van der Waals surface area contributed by atoms with Gasteiger partial charge >= 0.3 is 0 Å². The van der Waals surface area contributed by atoms with Gasteiger partial charge in [-0.1, -0.05) is 30.3 Å². The summed E-state index contributed by atoms with van der Waals surface area (Å²) in [5.41, 5.74) is 7.25. The van der Waals surface area contributed by atoms with E-state index in [2.05, 4.69) is 15.3 Å². The molecule has 0 atom stereocenters. The molecule has 0 aliphatic carbocycles. The number of nitrogen functional groups attached to an aromatic ring is 1. The minimum Gasteiger partial charge on any atom is -0.459 e. The molecule has 3 heterocycles. The second kappa shape index (κ2) is 8.64. The third-order valence-corrected chi connectivity index (χ3v) is 4.93. The van der Waals surface area contributed by atoms with Crippen LogP contribution in [0.25, 0.3) is 0 Å². The van der Waals surface area contributed by atoms with Crippen LogP contribution in [0, 0.1) is 0 Å². The molecule has 0 bridgehead atoms. The normalized spacial score (nSPS) is 13.9. The van der Waals surface area contributed by atoms with Crippen LogP contribution in [0.2, 0.25) is 0 Å². The zero-order valence-electron chi connectivity index (χ0n) is 16.3. The zero-order valence-corrected chi connectivity index (χ0v) is 16.3. The van der Waals surface area contributed by atoms with Crippen LogP contribution < -0.4 is 16.0 Å². The van der Waals surface area contributed by atoms with Gasteiger partial charge in [0, 0.05) is 38.9 Å². The molecule has 9 nitrogen and oxygen atoms in total. The molecule has 2 aromatic heterocycles. The number of aromatic nitrogens is 2. The number of carbonyl (C=O) groups is 2. The largest absolute Gasteiger partial charge is 0.459 e. The molecule has 2 amide bonds. The highest BCUT2D eigenvalue weighted by atomic mass is 16.3. The molecule has 9 heteroatoms. The Hall–Kier alpha value is -3.88. The zero-order chi connectivity index (χ0) is 20.9. The van der Waals surface area contributed by atoms with E-state index in [1.54, 1.807) is 17.0 Å². The van der Waals surface area contributed by atoms with Gasteiger partial charge in [-0.25, -0.2) is 4.98 Å². The van der Waals surface area contributed by atoms with Crippen molar-refractivity contribution in [3.8, 4) is 0 Å². The van der Waals surface area contributed by atoms with Crippen molar-refractivity contribution in [1.29, 1.82) is 0 Å². The Morgan fingerprint density at radius 2 is 1.83 bits per heavy atom. The number of carbonyl (C=O) groups excluding carboxylic acids is 2. The molecule has 1 aliphatic heterocycles. The number of furan rings is 1. The van der Waals surface area contributed by atoms with Crippen LogP contribution >= 0.6 is 0 Å². The molecule has 1 aromatic carbocycles. The number of hydrogen-bond acceptors (Lipinski definition) is 7. The number of nitrogens with two attached hydrogens (primary N) is 1. The van der Waals surface area contributed by atoms with E-state index in [4.69, 9.17) is 10.2 Å². The molecule has 4 rings (SSSR count). The first-order chi connectivity index (χ1) is 14.6. The van der Waals surface area contributed by atoms with Gasteiger partial charge in [-0.3, -0.25) is 9.59 Å². The van der Waals surface area contributed by atoms with Crippen molar-refractivity contribution >= 4 is 23.6 Å². The maximum Gasteiger partial charge on any atom is 0.289 e. The number of anilines is 2. The summed E-state index contributed by atoms with van der Waals surface area (Å²) in [5.74, 6) is 0.439. The van der Waals surface area contributed by atoms with E-state index < -0.39 is 0 Å². The highest BCUT2D eigenvalue weighted by Gasteiger charge is 2.25. The molecule has 1 aliphatic rings. The Morgan fingerprint density at radius 1 is 1.07 bits per heavy atom. The highest BCUT2D eigenvalue weighted by molar-refractivity contribution is 5.98. The smallest absolute Gasteiger partial charge is 0.289 e. The van der Waals surface area contributed by atoms with E-state index in [0.717, 1.165) is 5.56 Å². The fourth-order valence-electron chi connectivity index (χ4n) is 3.25. The summed E-state index contributed by atoms with van der Waals surface area (Å²) >= 11 is 0.